The summed E-state index contributed by atoms with van der Waals surface area (Å²) in [4.78, 5) is 21.4. The zero-order chi connectivity index (χ0) is 17.9. The lowest BCUT2D eigenvalue weighted by Gasteiger charge is -2.41. The monoisotopic (exact) mass is 346 g/mol. The molecule has 0 radical (unpaired) electrons. The lowest BCUT2D eigenvalue weighted by atomic mass is 10.0. The van der Waals surface area contributed by atoms with E-state index in [4.69, 9.17) is 4.74 Å². The third kappa shape index (κ3) is 4.42. The van der Waals surface area contributed by atoms with Crippen LogP contribution in [0, 0.1) is 6.92 Å². The number of anilines is 1. The van der Waals surface area contributed by atoms with Gasteiger partial charge in [0.15, 0.2) is 0 Å². The normalized spacial score (nSPS) is 25.1. The molecule has 0 aromatic carbocycles. The number of aromatic nitrogens is 1. The molecule has 0 spiro atoms. The number of hydrogen-bond donors (Lipinski definition) is 1. The van der Waals surface area contributed by atoms with Gasteiger partial charge in [0.05, 0.1) is 18.8 Å². The first-order valence-corrected chi connectivity index (χ1v) is 9.37. The third-order valence-corrected chi connectivity index (χ3v) is 5.39. The molecule has 6 nitrogen and oxygen atoms in total. The minimum atomic E-state index is -0.213. The van der Waals surface area contributed by atoms with Crippen LogP contribution in [-0.4, -0.2) is 60.3 Å². The van der Waals surface area contributed by atoms with Crippen LogP contribution in [-0.2, 0) is 4.74 Å². The molecule has 25 heavy (non-hydrogen) atoms. The zero-order valence-electron chi connectivity index (χ0n) is 15.6. The van der Waals surface area contributed by atoms with Gasteiger partial charge in [0.25, 0.3) is 0 Å². The SMILES string of the molecule is CC[C@]1(C)CN(C(=O)NC2CCN(c3cccc(C)n3)CC2)CCO1. The van der Waals surface area contributed by atoms with Gasteiger partial charge in [-0.05, 0) is 45.2 Å². The van der Waals surface area contributed by atoms with E-state index in [0.29, 0.717) is 19.7 Å². The van der Waals surface area contributed by atoms with Crippen LogP contribution < -0.4 is 10.2 Å². The van der Waals surface area contributed by atoms with Crippen LogP contribution in [0.4, 0.5) is 10.6 Å². The number of ether oxygens (including phenoxy) is 1. The van der Waals surface area contributed by atoms with Crippen molar-refractivity contribution in [3.05, 3.63) is 23.9 Å². The van der Waals surface area contributed by atoms with E-state index in [1.807, 2.05) is 17.9 Å². The van der Waals surface area contributed by atoms with Crippen molar-refractivity contribution in [1.82, 2.24) is 15.2 Å². The lowest BCUT2D eigenvalue weighted by Crippen LogP contribution is -2.56. The summed E-state index contributed by atoms with van der Waals surface area (Å²) < 4.78 is 5.82. The molecule has 1 N–H and O–H groups in total. The number of aryl methyl sites for hydroxylation is 1. The minimum absolute atomic E-state index is 0.0510. The van der Waals surface area contributed by atoms with Crippen molar-refractivity contribution in [2.24, 2.45) is 0 Å². The van der Waals surface area contributed by atoms with Crippen molar-refractivity contribution in [3.8, 4) is 0 Å². The van der Waals surface area contributed by atoms with Crippen LogP contribution in [0.1, 0.15) is 38.8 Å². The predicted octanol–water partition coefficient (Wildman–Crippen LogP) is 2.57. The number of piperidine rings is 1. The largest absolute Gasteiger partial charge is 0.372 e. The second kappa shape index (κ2) is 7.60. The molecule has 2 aliphatic rings. The first-order chi connectivity index (χ1) is 12.0. The van der Waals surface area contributed by atoms with Gasteiger partial charge in [-0.3, -0.25) is 0 Å². The first-order valence-electron chi connectivity index (χ1n) is 9.37. The Bertz CT molecular complexity index is 601. The highest BCUT2D eigenvalue weighted by Gasteiger charge is 2.33. The van der Waals surface area contributed by atoms with E-state index in [9.17, 15) is 4.79 Å². The van der Waals surface area contributed by atoms with E-state index < -0.39 is 0 Å². The molecule has 3 heterocycles. The van der Waals surface area contributed by atoms with Gasteiger partial charge in [-0.1, -0.05) is 13.0 Å². The maximum atomic E-state index is 12.6. The summed E-state index contributed by atoms with van der Waals surface area (Å²) in [7, 11) is 0. The van der Waals surface area contributed by atoms with Crippen LogP contribution in [0.25, 0.3) is 0 Å². The first kappa shape index (κ1) is 18.0. The fourth-order valence-electron chi connectivity index (χ4n) is 3.54. The van der Waals surface area contributed by atoms with Gasteiger partial charge in [0.1, 0.15) is 5.82 Å². The quantitative estimate of drug-likeness (QED) is 0.914. The third-order valence-electron chi connectivity index (χ3n) is 5.39. The summed E-state index contributed by atoms with van der Waals surface area (Å²) in [5.41, 5.74) is 0.828. The van der Waals surface area contributed by atoms with Crippen LogP contribution in [0.15, 0.2) is 18.2 Å². The standard InChI is InChI=1S/C19H30N4O2/c1-4-19(3)14-23(12-13-25-19)18(24)21-16-8-10-22(11-9-16)17-7-5-6-15(2)20-17/h5-7,16H,4,8-14H2,1-3H3,(H,21,24)/t19-/m1/s1. The van der Waals surface area contributed by atoms with E-state index >= 15 is 0 Å². The molecular formula is C19H30N4O2. The Labute approximate surface area is 150 Å². The fraction of sp³-hybridized carbons (Fsp3) is 0.684. The number of nitrogens with zero attached hydrogens (tertiary/aromatic N) is 3. The van der Waals surface area contributed by atoms with Gasteiger partial charge in [-0.15, -0.1) is 0 Å². The number of carbonyl (C=O) groups is 1. The van der Waals surface area contributed by atoms with Crippen LogP contribution >= 0.6 is 0 Å². The summed E-state index contributed by atoms with van der Waals surface area (Å²) in [5, 5.41) is 3.22. The number of hydrogen-bond acceptors (Lipinski definition) is 4. The number of morpholine rings is 1. The number of nitrogens with one attached hydrogen (secondary N) is 1. The van der Waals surface area contributed by atoms with Crippen molar-refractivity contribution >= 4 is 11.8 Å². The summed E-state index contributed by atoms with van der Waals surface area (Å²) in [6.45, 7) is 10.0. The fourth-order valence-corrected chi connectivity index (χ4v) is 3.54. The van der Waals surface area contributed by atoms with Gasteiger partial charge in [0.2, 0.25) is 0 Å². The smallest absolute Gasteiger partial charge is 0.317 e. The zero-order valence-corrected chi connectivity index (χ0v) is 15.6. The Hall–Kier alpha value is -1.82. The molecule has 0 saturated carbocycles. The van der Waals surface area contributed by atoms with Crippen molar-refractivity contribution in [2.45, 2.75) is 51.7 Å². The molecule has 3 rings (SSSR count). The Morgan fingerprint density at radius 2 is 2.12 bits per heavy atom. The summed E-state index contributed by atoms with van der Waals surface area (Å²) >= 11 is 0. The number of pyridine rings is 1. The van der Waals surface area contributed by atoms with Crippen molar-refractivity contribution in [1.29, 1.82) is 0 Å². The minimum Gasteiger partial charge on any atom is -0.372 e. The van der Waals surface area contributed by atoms with Crippen molar-refractivity contribution in [2.75, 3.05) is 37.7 Å². The highest BCUT2D eigenvalue weighted by atomic mass is 16.5. The maximum absolute atomic E-state index is 12.6. The van der Waals surface area contributed by atoms with Crippen LogP contribution in [0.3, 0.4) is 0 Å². The van der Waals surface area contributed by atoms with E-state index in [-0.39, 0.29) is 17.7 Å². The molecule has 1 aromatic rings. The highest BCUT2D eigenvalue weighted by Crippen LogP contribution is 2.22. The second-order valence-electron chi connectivity index (χ2n) is 7.42. The molecule has 6 heteroatoms. The molecule has 0 unspecified atom stereocenters. The molecule has 2 fully saturated rings. The summed E-state index contributed by atoms with van der Waals surface area (Å²) in [6, 6.07) is 6.42. The Kier molecular flexibility index (Phi) is 5.47. The molecule has 138 valence electrons. The van der Waals surface area contributed by atoms with E-state index in [0.717, 1.165) is 43.9 Å². The maximum Gasteiger partial charge on any atom is 0.317 e. The molecule has 2 saturated heterocycles. The van der Waals surface area contributed by atoms with Gasteiger partial charge in [-0.25, -0.2) is 9.78 Å². The molecule has 0 aliphatic carbocycles. The molecule has 2 aliphatic heterocycles. The number of carbonyl (C=O) groups excluding carboxylic acids is 1. The molecule has 1 atom stereocenters. The van der Waals surface area contributed by atoms with Crippen molar-refractivity contribution < 1.29 is 9.53 Å². The van der Waals surface area contributed by atoms with Crippen LogP contribution in [0.5, 0.6) is 0 Å². The second-order valence-corrected chi connectivity index (χ2v) is 7.42. The van der Waals surface area contributed by atoms with Gasteiger partial charge in [-0.2, -0.15) is 0 Å². The molecule has 0 bridgehead atoms. The summed E-state index contributed by atoms with van der Waals surface area (Å²) in [6.07, 6.45) is 2.83. The number of urea groups is 1. The molecule has 1 aromatic heterocycles. The topological polar surface area (TPSA) is 57.7 Å². The Balaban J connectivity index is 1.49. The van der Waals surface area contributed by atoms with Gasteiger partial charge >= 0.3 is 6.03 Å². The van der Waals surface area contributed by atoms with Gasteiger partial charge in [0, 0.05) is 31.4 Å². The van der Waals surface area contributed by atoms with E-state index in [1.54, 1.807) is 0 Å². The molecular weight excluding hydrogens is 316 g/mol. The Morgan fingerprint density at radius 3 is 2.80 bits per heavy atom. The summed E-state index contributed by atoms with van der Waals surface area (Å²) in [5.74, 6) is 1.04. The number of rotatable bonds is 3. The number of amides is 2. The van der Waals surface area contributed by atoms with E-state index in [2.05, 4.69) is 41.2 Å². The highest BCUT2D eigenvalue weighted by molar-refractivity contribution is 5.74. The molecule has 2 amide bonds. The Morgan fingerprint density at radius 1 is 1.36 bits per heavy atom. The van der Waals surface area contributed by atoms with Crippen molar-refractivity contribution in [3.63, 3.8) is 0 Å². The van der Waals surface area contributed by atoms with E-state index in [1.165, 1.54) is 0 Å². The van der Waals surface area contributed by atoms with Crippen LogP contribution in [0.2, 0.25) is 0 Å². The average Bonchev–Trinajstić information content (AvgIpc) is 2.62. The lowest BCUT2D eigenvalue weighted by molar-refractivity contribution is -0.0874. The average molecular weight is 346 g/mol. The van der Waals surface area contributed by atoms with Gasteiger partial charge < -0.3 is 19.9 Å². The predicted molar refractivity (Wildman–Crippen MR) is 99.0 cm³/mol.